The van der Waals surface area contributed by atoms with E-state index in [-0.39, 0.29) is 17.4 Å². The lowest BCUT2D eigenvalue weighted by Gasteiger charge is -2.42. The molecule has 0 saturated carbocycles. The van der Waals surface area contributed by atoms with Crippen molar-refractivity contribution in [3.05, 3.63) is 63.8 Å². The Kier molecular flexibility index (Phi) is 4.45. The molecule has 7 nitrogen and oxygen atoms in total. The van der Waals surface area contributed by atoms with Crippen molar-refractivity contribution in [1.82, 2.24) is 24.3 Å². The third-order valence-electron chi connectivity index (χ3n) is 7.18. The number of H-pyrrole nitrogens is 1. The van der Waals surface area contributed by atoms with E-state index in [9.17, 15) is 9.59 Å². The van der Waals surface area contributed by atoms with Crippen molar-refractivity contribution in [2.24, 2.45) is 5.92 Å². The highest BCUT2D eigenvalue weighted by Gasteiger charge is 2.37. The zero-order valence-corrected chi connectivity index (χ0v) is 17.6. The van der Waals surface area contributed by atoms with Gasteiger partial charge in [-0.1, -0.05) is 6.07 Å². The van der Waals surface area contributed by atoms with Gasteiger partial charge in [0.05, 0.1) is 11.0 Å². The van der Waals surface area contributed by atoms with Gasteiger partial charge in [0, 0.05) is 49.6 Å². The molecule has 0 aliphatic carbocycles. The van der Waals surface area contributed by atoms with Gasteiger partial charge in [0.15, 0.2) is 0 Å². The van der Waals surface area contributed by atoms with Crippen LogP contribution in [0.15, 0.2) is 41.3 Å². The molecule has 3 aromatic heterocycles. The Bertz CT molecular complexity index is 1170. The average Bonchev–Trinajstić information content (AvgIpc) is 3.45. The minimum atomic E-state index is 0.0224. The van der Waals surface area contributed by atoms with Crippen LogP contribution in [0.4, 0.5) is 0 Å². The zero-order valence-electron chi connectivity index (χ0n) is 17.6. The third-order valence-corrected chi connectivity index (χ3v) is 7.18. The molecule has 0 spiro atoms. The molecule has 0 aromatic carbocycles. The van der Waals surface area contributed by atoms with E-state index in [0.717, 1.165) is 48.3 Å². The van der Waals surface area contributed by atoms with Crippen LogP contribution in [0.5, 0.6) is 0 Å². The molecular formula is C24H27N5O2. The molecule has 31 heavy (non-hydrogen) atoms. The summed E-state index contributed by atoms with van der Waals surface area (Å²) < 4.78 is 2.00. The van der Waals surface area contributed by atoms with Crippen LogP contribution in [0, 0.1) is 5.92 Å². The molecule has 6 heterocycles. The maximum Gasteiger partial charge on any atom is 0.270 e. The van der Waals surface area contributed by atoms with E-state index in [1.54, 1.807) is 6.20 Å². The molecule has 0 radical (unpaired) electrons. The third kappa shape index (κ3) is 3.28. The molecule has 2 bridgehead atoms. The second kappa shape index (κ2) is 7.34. The summed E-state index contributed by atoms with van der Waals surface area (Å²) in [5, 5.41) is 0. The number of likely N-dealkylation sites (tertiary alicyclic amines) is 2. The fourth-order valence-electron chi connectivity index (χ4n) is 5.70. The van der Waals surface area contributed by atoms with Gasteiger partial charge in [-0.15, -0.1) is 0 Å². The SMILES string of the molecule is O=C(c1cc2ncccc2[nH]1)N1C[C@@H]2C[C@H](C1)c1ccc(CN3CCCC3)c(=O)n1C2. The van der Waals surface area contributed by atoms with Crippen LogP contribution in [-0.4, -0.2) is 56.4 Å². The maximum absolute atomic E-state index is 13.2. The van der Waals surface area contributed by atoms with Gasteiger partial charge in [-0.2, -0.15) is 0 Å². The van der Waals surface area contributed by atoms with Crippen molar-refractivity contribution in [2.75, 3.05) is 26.2 Å². The lowest BCUT2D eigenvalue weighted by atomic mass is 9.83. The Morgan fingerprint density at radius 3 is 2.84 bits per heavy atom. The smallest absolute Gasteiger partial charge is 0.270 e. The summed E-state index contributed by atoms with van der Waals surface area (Å²) in [6, 6.07) is 9.80. The molecule has 2 atom stereocenters. The maximum atomic E-state index is 13.2. The molecule has 2 saturated heterocycles. The lowest BCUT2D eigenvalue weighted by molar-refractivity contribution is 0.0589. The van der Waals surface area contributed by atoms with Crippen molar-refractivity contribution in [2.45, 2.75) is 38.3 Å². The number of aromatic amines is 1. The number of piperidine rings is 1. The molecular weight excluding hydrogens is 390 g/mol. The van der Waals surface area contributed by atoms with E-state index in [1.807, 2.05) is 33.7 Å². The molecule has 1 N–H and O–H groups in total. The topological polar surface area (TPSA) is 74.2 Å². The van der Waals surface area contributed by atoms with Crippen LogP contribution in [0.3, 0.4) is 0 Å². The molecule has 1 amide bonds. The monoisotopic (exact) mass is 417 g/mol. The van der Waals surface area contributed by atoms with Crippen molar-refractivity contribution in [1.29, 1.82) is 0 Å². The van der Waals surface area contributed by atoms with E-state index in [0.29, 0.717) is 31.2 Å². The Hall–Kier alpha value is -2.93. The van der Waals surface area contributed by atoms with Crippen molar-refractivity contribution >= 4 is 16.9 Å². The van der Waals surface area contributed by atoms with Gasteiger partial charge in [-0.05, 0) is 62.5 Å². The molecule has 7 heteroatoms. The second-order valence-corrected chi connectivity index (χ2v) is 9.31. The Labute approximate surface area is 180 Å². The molecule has 0 unspecified atom stereocenters. The standard InChI is InChI=1S/C24H27N5O2/c30-23-17(14-27-8-1-2-9-27)5-6-22-18-10-16(13-29(22)23)12-28(15-18)24(31)21-11-20-19(26-21)4-3-7-25-20/h3-7,11,16,18,26H,1-2,8-10,12-15H2/t16-,18+/m0/s1. The summed E-state index contributed by atoms with van der Waals surface area (Å²) in [7, 11) is 0. The van der Waals surface area contributed by atoms with Crippen LogP contribution in [0.2, 0.25) is 0 Å². The van der Waals surface area contributed by atoms with Crippen molar-refractivity contribution < 1.29 is 4.79 Å². The van der Waals surface area contributed by atoms with Gasteiger partial charge in [0.2, 0.25) is 0 Å². The predicted molar refractivity (Wildman–Crippen MR) is 118 cm³/mol. The minimum Gasteiger partial charge on any atom is -0.349 e. The number of carbonyl (C=O) groups excluding carboxylic acids is 1. The number of nitrogens with one attached hydrogen (secondary N) is 1. The van der Waals surface area contributed by atoms with E-state index in [1.165, 1.54) is 12.8 Å². The van der Waals surface area contributed by atoms with E-state index in [2.05, 4.69) is 20.9 Å². The van der Waals surface area contributed by atoms with Crippen LogP contribution >= 0.6 is 0 Å². The number of hydrogen-bond donors (Lipinski definition) is 1. The van der Waals surface area contributed by atoms with Crippen LogP contribution < -0.4 is 5.56 Å². The fraction of sp³-hybridized carbons (Fsp3) is 0.458. The largest absolute Gasteiger partial charge is 0.349 e. The number of hydrogen-bond acceptors (Lipinski definition) is 4. The summed E-state index contributed by atoms with van der Waals surface area (Å²) in [5.41, 5.74) is 4.44. The highest BCUT2D eigenvalue weighted by atomic mass is 16.2. The molecule has 6 rings (SSSR count). The molecule has 160 valence electrons. The summed E-state index contributed by atoms with van der Waals surface area (Å²) in [5.74, 6) is 0.555. The first-order valence-electron chi connectivity index (χ1n) is 11.3. The number of amides is 1. The first kappa shape index (κ1) is 18.8. The number of fused-ring (bicyclic) bond motifs is 5. The molecule has 2 fully saturated rings. The Morgan fingerprint density at radius 2 is 2.00 bits per heavy atom. The number of carbonyl (C=O) groups is 1. The van der Waals surface area contributed by atoms with Crippen molar-refractivity contribution in [3.63, 3.8) is 0 Å². The highest BCUT2D eigenvalue weighted by Crippen LogP contribution is 2.36. The summed E-state index contributed by atoms with van der Waals surface area (Å²) >= 11 is 0. The van der Waals surface area contributed by atoms with Crippen molar-refractivity contribution in [3.8, 4) is 0 Å². The Balaban J connectivity index is 1.25. The Morgan fingerprint density at radius 1 is 1.13 bits per heavy atom. The normalized spacial score (nSPS) is 23.3. The molecule has 3 aliphatic rings. The number of pyridine rings is 2. The van der Waals surface area contributed by atoms with Gasteiger partial charge in [-0.25, -0.2) is 0 Å². The number of rotatable bonds is 3. The summed E-state index contributed by atoms with van der Waals surface area (Å²) in [6.07, 6.45) is 5.24. The number of nitrogens with zero attached hydrogens (tertiary/aromatic N) is 4. The van der Waals surface area contributed by atoms with Crippen LogP contribution in [-0.2, 0) is 13.1 Å². The first-order valence-corrected chi connectivity index (χ1v) is 11.3. The highest BCUT2D eigenvalue weighted by molar-refractivity contribution is 5.97. The number of aromatic nitrogens is 3. The summed E-state index contributed by atoms with van der Waals surface area (Å²) in [4.78, 5) is 38.3. The van der Waals surface area contributed by atoms with E-state index >= 15 is 0 Å². The zero-order chi connectivity index (χ0) is 20.9. The van der Waals surface area contributed by atoms with Gasteiger partial charge < -0.3 is 14.5 Å². The predicted octanol–water partition coefficient (Wildman–Crippen LogP) is 2.58. The van der Waals surface area contributed by atoms with Crippen LogP contribution in [0.25, 0.3) is 11.0 Å². The van der Waals surface area contributed by atoms with Gasteiger partial charge in [0.25, 0.3) is 11.5 Å². The van der Waals surface area contributed by atoms with Gasteiger partial charge in [0.1, 0.15) is 5.69 Å². The molecule has 3 aliphatic heterocycles. The van der Waals surface area contributed by atoms with E-state index in [4.69, 9.17) is 0 Å². The van der Waals surface area contributed by atoms with Gasteiger partial charge in [-0.3, -0.25) is 19.5 Å². The second-order valence-electron chi connectivity index (χ2n) is 9.31. The fourth-order valence-corrected chi connectivity index (χ4v) is 5.70. The van der Waals surface area contributed by atoms with Gasteiger partial charge >= 0.3 is 0 Å². The summed E-state index contributed by atoms with van der Waals surface area (Å²) in [6.45, 7) is 4.99. The quantitative estimate of drug-likeness (QED) is 0.711. The first-order chi connectivity index (χ1) is 15.2. The minimum absolute atomic E-state index is 0.0224. The average molecular weight is 418 g/mol. The molecule has 3 aromatic rings. The lowest BCUT2D eigenvalue weighted by Crippen LogP contribution is -2.49. The van der Waals surface area contributed by atoms with E-state index < -0.39 is 0 Å². The van der Waals surface area contributed by atoms with Crippen LogP contribution in [0.1, 0.15) is 46.9 Å².